The summed E-state index contributed by atoms with van der Waals surface area (Å²) in [4.78, 5) is 20.7. The molecule has 0 amide bonds. The third-order valence-electron chi connectivity index (χ3n) is 3.59. The molecule has 3 heteroatoms. The number of ketones is 1. The highest BCUT2D eigenvalue weighted by molar-refractivity contribution is 6.29. The normalized spacial score (nSPS) is 14.0. The highest BCUT2D eigenvalue weighted by atomic mass is 16.1. The monoisotopic (exact) mass is 258 g/mol. The maximum absolute atomic E-state index is 11.7. The third kappa shape index (κ3) is 1.43. The van der Waals surface area contributed by atoms with E-state index in [-0.39, 0.29) is 5.78 Å². The summed E-state index contributed by atoms with van der Waals surface area (Å²) in [6, 6.07) is 9.91. The van der Waals surface area contributed by atoms with Crippen LogP contribution in [0, 0.1) is 0 Å². The maximum Gasteiger partial charge on any atom is 0.187 e. The van der Waals surface area contributed by atoms with Crippen molar-refractivity contribution in [1.82, 2.24) is 9.97 Å². The van der Waals surface area contributed by atoms with Crippen molar-refractivity contribution in [3.8, 4) is 0 Å². The fourth-order valence-corrected chi connectivity index (χ4v) is 2.56. The lowest BCUT2D eigenvalue weighted by atomic mass is 9.95. The lowest BCUT2D eigenvalue weighted by Crippen LogP contribution is -2.06. The minimum atomic E-state index is -0.0808. The molecular formula is C17H10N2O. The van der Waals surface area contributed by atoms with Gasteiger partial charge in [-0.2, -0.15) is 0 Å². The van der Waals surface area contributed by atoms with E-state index in [0.29, 0.717) is 11.3 Å². The average Bonchev–Trinajstić information content (AvgIpc) is 2.49. The number of nitrogens with zero attached hydrogens (tertiary/aromatic N) is 2. The minimum Gasteiger partial charge on any atom is -0.289 e. The van der Waals surface area contributed by atoms with Gasteiger partial charge in [-0.25, -0.2) is 4.98 Å². The first-order chi connectivity index (χ1) is 9.74. The van der Waals surface area contributed by atoms with E-state index >= 15 is 0 Å². The molecule has 3 aromatic rings. The number of rotatable bonds is 0. The number of pyridine rings is 2. The van der Waals surface area contributed by atoms with Gasteiger partial charge in [0.05, 0.1) is 16.7 Å². The number of fused-ring (bicyclic) bond motifs is 4. The van der Waals surface area contributed by atoms with Crippen molar-refractivity contribution in [1.29, 1.82) is 0 Å². The minimum absolute atomic E-state index is 0.0808. The Labute approximate surface area is 115 Å². The molecular weight excluding hydrogens is 248 g/mol. The lowest BCUT2D eigenvalue weighted by Gasteiger charge is -2.13. The molecule has 2 aromatic heterocycles. The molecule has 0 spiro atoms. The van der Waals surface area contributed by atoms with Crippen LogP contribution in [0.25, 0.3) is 33.5 Å². The van der Waals surface area contributed by atoms with Crippen LogP contribution in [0.15, 0.2) is 49.2 Å². The molecule has 0 bridgehead atoms. The highest BCUT2D eigenvalue weighted by Gasteiger charge is 2.18. The van der Waals surface area contributed by atoms with E-state index in [0.717, 1.165) is 27.4 Å². The molecule has 0 saturated heterocycles. The molecule has 2 heterocycles. The van der Waals surface area contributed by atoms with Crippen LogP contribution >= 0.6 is 0 Å². The predicted molar refractivity (Wildman–Crippen MR) is 80.1 cm³/mol. The van der Waals surface area contributed by atoms with Crippen molar-refractivity contribution in [3.63, 3.8) is 0 Å². The molecule has 1 aliphatic carbocycles. The molecule has 0 N–H and O–H groups in total. The quantitative estimate of drug-likeness (QED) is 0.458. The third-order valence-corrected chi connectivity index (χ3v) is 3.59. The Morgan fingerprint density at radius 3 is 2.90 bits per heavy atom. The van der Waals surface area contributed by atoms with Crippen LogP contribution in [-0.4, -0.2) is 15.8 Å². The maximum atomic E-state index is 11.7. The molecule has 0 radical (unpaired) electrons. The molecule has 4 rings (SSSR count). The van der Waals surface area contributed by atoms with E-state index in [1.807, 2.05) is 30.3 Å². The van der Waals surface area contributed by atoms with E-state index in [2.05, 4.69) is 16.5 Å². The van der Waals surface area contributed by atoms with Crippen LogP contribution in [0.1, 0.15) is 11.3 Å². The number of hydrogen-bond donors (Lipinski definition) is 0. The summed E-state index contributed by atoms with van der Waals surface area (Å²) in [5.41, 5.74) is 3.81. The van der Waals surface area contributed by atoms with Gasteiger partial charge in [0, 0.05) is 28.1 Å². The number of carbonyl (C=O) groups excluding carboxylic acids is 1. The molecule has 1 aliphatic rings. The highest BCUT2D eigenvalue weighted by Crippen LogP contribution is 2.30. The van der Waals surface area contributed by atoms with Crippen molar-refractivity contribution < 1.29 is 4.79 Å². The molecule has 94 valence electrons. The molecule has 0 aliphatic heterocycles. The molecule has 0 unspecified atom stereocenters. The molecule has 0 saturated carbocycles. The average molecular weight is 258 g/mol. The van der Waals surface area contributed by atoms with Gasteiger partial charge < -0.3 is 0 Å². The van der Waals surface area contributed by atoms with E-state index in [1.54, 1.807) is 18.3 Å². The molecule has 20 heavy (non-hydrogen) atoms. The fourth-order valence-electron chi connectivity index (χ4n) is 2.56. The largest absolute Gasteiger partial charge is 0.289 e. The van der Waals surface area contributed by atoms with Gasteiger partial charge in [-0.3, -0.25) is 9.78 Å². The number of allylic oxidation sites excluding steroid dienone is 2. The molecule has 1 aromatic carbocycles. The Balaban J connectivity index is 2.16. The predicted octanol–water partition coefficient (Wildman–Crippen LogP) is 3.39. The number of aromatic nitrogens is 2. The zero-order valence-corrected chi connectivity index (χ0v) is 10.6. The van der Waals surface area contributed by atoms with Crippen molar-refractivity contribution in [2.75, 3.05) is 0 Å². The summed E-state index contributed by atoms with van der Waals surface area (Å²) in [5, 5.41) is 2.03. The SMILES string of the molecule is C=C1C(=O)C=Cc2cc3ccc4ncccc4c3nc21. The molecule has 0 atom stereocenters. The summed E-state index contributed by atoms with van der Waals surface area (Å²) in [7, 11) is 0. The number of carbonyl (C=O) groups is 1. The summed E-state index contributed by atoms with van der Waals surface area (Å²) in [5.74, 6) is -0.0808. The molecule has 0 fully saturated rings. The van der Waals surface area contributed by atoms with Crippen LogP contribution in [0.2, 0.25) is 0 Å². The Kier molecular flexibility index (Phi) is 2.12. The zero-order chi connectivity index (χ0) is 13.7. The van der Waals surface area contributed by atoms with Crippen molar-refractivity contribution in [2.24, 2.45) is 0 Å². The first-order valence-electron chi connectivity index (χ1n) is 6.34. The second-order valence-corrected chi connectivity index (χ2v) is 4.81. The number of hydrogen-bond acceptors (Lipinski definition) is 3. The van der Waals surface area contributed by atoms with Crippen molar-refractivity contribution in [3.05, 3.63) is 60.4 Å². The molecule has 3 nitrogen and oxygen atoms in total. The summed E-state index contributed by atoms with van der Waals surface area (Å²) in [6.07, 6.45) is 5.10. The first-order valence-corrected chi connectivity index (χ1v) is 6.34. The van der Waals surface area contributed by atoms with Crippen molar-refractivity contribution >= 4 is 39.2 Å². The Bertz CT molecular complexity index is 938. The van der Waals surface area contributed by atoms with Gasteiger partial charge in [0.25, 0.3) is 0 Å². The van der Waals surface area contributed by atoms with Crippen LogP contribution < -0.4 is 0 Å². The van der Waals surface area contributed by atoms with Gasteiger partial charge in [0.1, 0.15) is 0 Å². The van der Waals surface area contributed by atoms with Crippen LogP contribution in [0.5, 0.6) is 0 Å². The van der Waals surface area contributed by atoms with E-state index in [9.17, 15) is 4.79 Å². The summed E-state index contributed by atoms with van der Waals surface area (Å²) < 4.78 is 0. The van der Waals surface area contributed by atoms with E-state index in [1.165, 1.54) is 0 Å². The smallest absolute Gasteiger partial charge is 0.187 e. The summed E-state index contributed by atoms with van der Waals surface area (Å²) >= 11 is 0. The summed E-state index contributed by atoms with van der Waals surface area (Å²) in [6.45, 7) is 3.84. The Morgan fingerprint density at radius 2 is 2.00 bits per heavy atom. The van der Waals surface area contributed by atoms with Gasteiger partial charge in [-0.15, -0.1) is 0 Å². The van der Waals surface area contributed by atoms with Crippen molar-refractivity contribution in [2.45, 2.75) is 0 Å². The number of benzene rings is 1. The van der Waals surface area contributed by atoms with Crippen LogP contribution in [-0.2, 0) is 4.79 Å². The van der Waals surface area contributed by atoms with Crippen LogP contribution in [0.4, 0.5) is 0 Å². The van der Waals surface area contributed by atoms with Gasteiger partial charge in [0.15, 0.2) is 5.78 Å². The second kappa shape index (κ2) is 3.84. The first kappa shape index (κ1) is 11.1. The van der Waals surface area contributed by atoms with Gasteiger partial charge in [0.2, 0.25) is 0 Å². The standard InChI is InChI=1S/C17H10N2O/c1-10-15(20)7-5-11-9-12-4-6-14-13(3-2-8-18-14)17(12)19-16(10)11/h2-9H,1H2. The van der Waals surface area contributed by atoms with Gasteiger partial charge >= 0.3 is 0 Å². The second-order valence-electron chi connectivity index (χ2n) is 4.81. The van der Waals surface area contributed by atoms with Gasteiger partial charge in [-0.1, -0.05) is 12.6 Å². The fraction of sp³-hybridized carbons (Fsp3) is 0. The van der Waals surface area contributed by atoms with E-state index < -0.39 is 0 Å². The Hall–Kier alpha value is -2.81. The van der Waals surface area contributed by atoms with Crippen LogP contribution in [0.3, 0.4) is 0 Å². The lowest BCUT2D eigenvalue weighted by molar-refractivity contribution is -0.109. The van der Waals surface area contributed by atoms with E-state index in [4.69, 9.17) is 0 Å². The zero-order valence-electron chi connectivity index (χ0n) is 10.6. The topological polar surface area (TPSA) is 42.9 Å². The van der Waals surface area contributed by atoms with Gasteiger partial charge in [-0.05, 0) is 36.4 Å². The Morgan fingerprint density at radius 1 is 1.10 bits per heavy atom.